The molecule has 1 aromatic carbocycles. The van der Waals surface area contributed by atoms with Crippen LogP contribution in [0.1, 0.15) is 19.4 Å². The lowest BCUT2D eigenvalue weighted by atomic mass is 10.2. The maximum atomic E-state index is 5.57. The molecule has 2 aromatic rings. The number of aromatic nitrogens is 4. The van der Waals surface area contributed by atoms with E-state index in [1.807, 2.05) is 38.1 Å². The quantitative estimate of drug-likeness (QED) is 0.841. The summed E-state index contributed by atoms with van der Waals surface area (Å²) in [7, 11) is 0. The van der Waals surface area contributed by atoms with E-state index in [0.717, 1.165) is 17.9 Å². The van der Waals surface area contributed by atoms with Crippen LogP contribution >= 0.6 is 0 Å². The van der Waals surface area contributed by atoms with E-state index in [4.69, 9.17) is 4.74 Å². The number of hydrogen-bond donors (Lipinski definition) is 1. The highest BCUT2D eigenvalue weighted by Gasteiger charge is 2.06. The lowest BCUT2D eigenvalue weighted by Crippen LogP contribution is -2.09. The zero-order valence-electron chi connectivity index (χ0n) is 10.6. The number of tetrazole rings is 1. The first-order chi connectivity index (χ1) is 8.85. The largest absolute Gasteiger partial charge is 0.494 e. The fraction of sp³-hybridized carbons (Fsp3) is 0.417. The second-order valence-electron chi connectivity index (χ2n) is 3.71. The molecule has 0 saturated heterocycles. The number of aryl methyl sites for hydroxylation is 1. The predicted octanol–water partition coefficient (Wildman–Crippen LogP) is 1.70. The summed E-state index contributed by atoms with van der Waals surface area (Å²) in [6.07, 6.45) is 0. The van der Waals surface area contributed by atoms with Gasteiger partial charge in [-0.15, -0.1) is 0 Å². The number of hydrogen-bond acceptors (Lipinski definition) is 5. The summed E-state index contributed by atoms with van der Waals surface area (Å²) >= 11 is 0. The van der Waals surface area contributed by atoms with Crippen molar-refractivity contribution in [2.45, 2.75) is 26.9 Å². The van der Waals surface area contributed by atoms with Crippen molar-refractivity contribution in [3.05, 3.63) is 29.8 Å². The molecule has 0 fully saturated rings. The van der Waals surface area contributed by atoms with Gasteiger partial charge in [0.05, 0.1) is 6.61 Å². The average Bonchev–Trinajstić information content (AvgIpc) is 2.85. The minimum atomic E-state index is 0.635. The maximum Gasteiger partial charge on any atom is 0.243 e. The number of ether oxygens (including phenoxy) is 1. The van der Waals surface area contributed by atoms with Crippen LogP contribution < -0.4 is 10.1 Å². The molecule has 1 aromatic heterocycles. The molecule has 0 aliphatic heterocycles. The Morgan fingerprint density at radius 3 is 2.89 bits per heavy atom. The van der Waals surface area contributed by atoms with Gasteiger partial charge in [0.25, 0.3) is 0 Å². The molecule has 1 heterocycles. The van der Waals surface area contributed by atoms with Crippen molar-refractivity contribution in [2.75, 3.05) is 11.9 Å². The van der Waals surface area contributed by atoms with E-state index >= 15 is 0 Å². The third-order valence-electron chi connectivity index (χ3n) is 2.54. The smallest absolute Gasteiger partial charge is 0.243 e. The molecule has 0 unspecified atom stereocenters. The zero-order valence-corrected chi connectivity index (χ0v) is 10.6. The van der Waals surface area contributed by atoms with Crippen molar-refractivity contribution in [1.29, 1.82) is 0 Å². The number of nitrogens with zero attached hydrogens (tertiary/aromatic N) is 4. The third kappa shape index (κ3) is 2.77. The van der Waals surface area contributed by atoms with Gasteiger partial charge in [-0.2, -0.15) is 0 Å². The minimum Gasteiger partial charge on any atom is -0.494 e. The molecule has 6 nitrogen and oxygen atoms in total. The Balaban J connectivity index is 2.06. The Morgan fingerprint density at radius 1 is 1.28 bits per heavy atom. The minimum absolute atomic E-state index is 0.635. The third-order valence-corrected chi connectivity index (χ3v) is 2.54. The predicted molar refractivity (Wildman–Crippen MR) is 68.4 cm³/mol. The molecule has 18 heavy (non-hydrogen) atoms. The van der Waals surface area contributed by atoms with Crippen LogP contribution in [-0.4, -0.2) is 26.8 Å². The van der Waals surface area contributed by atoms with Gasteiger partial charge in [0.15, 0.2) is 0 Å². The lowest BCUT2D eigenvalue weighted by molar-refractivity contribution is 0.337. The molecule has 6 heteroatoms. The molecule has 0 spiro atoms. The van der Waals surface area contributed by atoms with Crippen LogP contribution in [-0.2, 0) is 13.1 Å². The summed E-state index contributed by atoms with van der Waals surface area (Å²) < 4.78 is 7.28. The normalized spacial score (nSPS) is 10.3. The topological polar surface area (TPSA) is 64.9 Å². The monoisotopic (exact) mass is 247 g/mol. The van der Waals surface area contributed by atoms with E-state index in [0.29, 0.717) is 19.1 Å². The first-order valence-corrected chi connectivity index (χ1v) is 6.05. The van der Waals surface area contributed by atoms with Gasteiger partial charge in [0.2, 0.25) is 5.95 Å². The van der Waals surface area contributed by atoms with Crippen molar-refractivity contribution < 1.29 is 4.74 Å². The number of benzene rings is 1. The van der Waals surface area contributed by atoms with Gasteiger partial charge in [-0.1, -0.05) is 23.3 Å². The Bertz CT molecular complexity index is 497. The van der Waals surface area contributed by atoms with E-state index < -0.39 is 0 Å². The van der Waals surface area contributed by atoms with Crippen molar-refractivity contribution in [1.82, 2.24) is 20.2 Å². The standard InChI is InChI=1S/C12H17N5O/c1-3-17-12(14-15-16-17)13-9-10-7-5-6-8-11(10)18-4-2/h5-8H,3-4,9H2,1-2H3,(H,13,14,16). The Morgan fingerprint density at radius 2 is 2.11 bits per heavy atom. The number of nitrogens with one attached hydrogen (secondary N) is 1. The van der Waals surface area contributed by atoms with E-state index in [-0.39, 0.29) is 0 Å². The summed E-state index contributed by atoms with van der Waals surface area (Å²) in [6, 6.07) is 7.94. The van der Waals surface area contributed by atoms with Gasteiger partial charge in [0, 0.05) is 18.7 Å². The summed E-state index contributed by atoms with van der Waals surface area (Å²) in [5.74, 6) is 1.56. The summed E-state index contributed by atoms with van der Waals surface area (Å²) in [5.41, 5.74) is 1.09. The molecule has 0 aliphatic carbocycles. The first-order valence-electron chi connectivity index (χ1n) is 6.05. The highest BCUT2D eigenvalue weighted by molar-refractivity contribution is 5.36. The van der Waals surface area contributed by atoms with Gasteiger partial charge in [-0.25, -0.2) is 4.68 Å². The van der Waals surface area contributed by atoms with Gasteiger partial charge in [0.1, 0.15) is 5.75 Å². The van der Waals surface area contributed by atoms with E-state index in [9.17, 15) is 0 Å². The molecule has 0 radical (unpaired) electrons. The SMILES string of the molecule is CCOc1ccccc1CNc1nnnn1CC. The van der Waals surface area contributed by atoms with E-state index in [1.54, 1.807) is 4.68 Å². The van der Waals surface area contributed by atoms with Gasteiger partial charge < -0.3 is 10.1 Å². The van der Waals surface area contributed by atoms with E-state index in [1.165, 1.54) is 0 Å². The van der Waals surface area contributed by atoms with Gasteiger partial charge in [-0.3, -0.25) is 0 Å². The van der Waals surface area contributed by atoms with Crippen LogP contribution in [0.4, 0.5) is 5.95 Å². The van der Waals surface area contributed by atoms with Crippen molar-refractivity contribution >= 4 is 5.95 Å². The fourth-order valence-electron chi connectivity index (χ4n) is 1.66. The van der Waals surface area contributed by atoms with Crippen LogP contribution in [0.15, 0.2) is 24.3 Å². The van der Waals surface area contributed by atoms with Crippen molar-refractivity contribution in [3.63, 3.8) is 0 Å². The fourth-order valence-corrected chi connectivity index (χ4v) is 1.66. The molecule has 0 aliphatic rings. The number of rotatable bonds is 6. The Labute approximate surface area is 106 Å². The zero-order chi connectivity index (χ0) is 12.8. The highest BCUT2D eigenvalue weighted by Crippen LogP contribution is 2.18. The van der Waals surface area contributed by atoms with Gasteiger partial charge in [-0.05, 0) is 30.3 Å². The van der Waals surface area contributed by atoms with Gasteiger partial charge >= 0.3 is 0 Å². The van der Waals surface area contributed by atoms with Crippen LogP contribution in [0.25, 0.3) is 0 Å². The molecule has 0 saturated carbocycles. The van der Waals surface area contributed by atoms with Crippen LogP contribution in [0.5, 0.6) is 5.75 Å². The van der Waals surface area contributed by atoms with Crippen molar-refractivity contribution in [2.24, 2.45) is 0 Å². The molecule has 0 atom stereocenters. The number of anilines is 1. The Hall–Kier alpha value is -2.11. The first kappa shape index (κ1) is 12.3. The molecular weight excluding hydrogens is 230 g/mol. The maximum absolute atomic E-state index is 5.57. The van der Waals surface area contributed by atoms with Crippen LogP contribution in [0.3, 0.4) is 0 Å². The molecular formula is C12H17N5O. The molecule has 0 amide bonds. The second-order valence-corrected chi connectivity index (χ2v) is 3.71. The summed E-state index contributed by atoms with van der Waals surface area (Å²) in [4.78, 5) is 0. The summed E-state index contributed by atoms with van der Waals surface area (Å²) in [6.45, 7) is 6.00. The summed E-state index contributed by atoms with van der Waals surface area (Å²) in [5, 5.41) is 14.6. The molecule has 1 N–H and O–H groups in total. The molecule has 96 valence electrons. The average molecular weight is 247 g/mol. The van der Waals surface area contributed by atoms with Crippen LogP contribution in [0, 0.1) is 0 Å². The Kier molecular flexibility index (Phi) is 4.11. The molecule has 0 bridgehead atoms. The number of para-hydroxylation sites is 1. The second kappa shape index (κ2) is 6.00. The highest BCUT2D eigenvalue weighted by atomic mass is 16.5. The lowest BCUT2D eigenvalue weighted by Gasteiger charge is -2.10. The molecule has 2 rings (SSSR count). The van der Waals surface area contributed by atoms with E-state index in [2.05, 4.69) is 20.8 Å². The van der Waals surface area contributed by atoms with Crippen molar-refractivity contribution in [3.8, 4) is 5.75 Å². The van der Waals surface area contributed by atoms with Crippen LogP contribution in [0.2, 0.25) is 0 Å².